The Labute approximate surface area is 122 Å². The number of anilines is 1. The topological polar surface area (TPSA) is 29.9 Å². The van der Waals surface area contributed by atoms with Gasteiger partial charge in [0.2, 0.25) is 5.95 Å². The first-order valence-electron chi connectivity index (χ1n) is 7.49. The first-order valence-corrected chi connectivity index (χ1v) is 7.49. The Bertz CT molecular complexity index is 600. The van der Waals surface area contributed by atoms with Crippen molar-refractivity contribution >= 4 is 17.0 Å². The zero-order chi connectivity index (χ0) is 15.1. The first-order chi connectivity index (χ1) is 9.20. The average molecular weight is 273 g/mol. The normalized spacial score (nSPS) is 12.7. The Morgan fingerprint density at radius 1 is 1.10 bits per heavy atom. The smallest absolute Gasteiger partial charge is 0.204 e. The number of rotatable bonds is 3. The Morgan fingerprint density at radius 3 is 2.25 bits per heavy atom. The maximum Gasteiger partial charge on any atom is 0.204 e. The van der Waals surface area contributed by atoms with Crippen molar-refractivity contribution in [3.63, 3.8) is 0 Å². The minimum atomic E-state index is 0.159. The van der Waals surface area contributed by atoms with Gasteiger partial charge in [-0.25, -0.2) is 4.98 Å². The number of hydrogen-bond donors (Lipinski definition) is 1. The minimum Gasteiger partial charge on any atom is -0.353 e. The van der Waals surface area contributed by atoms with E-state index in [1.54, 1.807) is 0 Å². The molecular formula is C17H27N3. The highest BCUT2D eigenvalue weighted by Crippen LogP contribution is 2.30. The van der Waals surface area contributed by atoms with Crippen LogP contribution >= 0.6 is 0 Å². The molecule has 110 valence electrons. The molecule has 0 aliphatic carbocycles. The maximum atomic E-state index is 4.75. The van der Waals surface area contributed by atoms with Crippen molar-refractivity contribution in [2.45, 2.75) is 66.0 Å². The second-order valence-corrected chi connectivity index (χ2v) is 7.15. The van der Waals surface area contributed by atoms with E-state index in [1.165, 1.54) is 11.1 Å². The monoisotopic (exact) mass is 273 g/mol. The molecular weight excluding hydrogens is 246 g/mol. The first kappa shape index (κ1) is 14.9. The third-order valence-electron chi connectivity index (χ3n) is 3.49. The van der Waals surface area contributed by atoms with E-state index >= 15 is 0 Å². The lowest BCUT2D eigenvalue weighted by molar-refractivity contribution is 0.588. The Morgan fingerprint density at radius 2 is 1.75 bits per heavy atom. The van der Waals surface area contributed by atoms with E-state index in [-0.39, 0.29) is 5.41 Å². The number of nitrogens with zero attached hydrogens (tertiary/aromatic N) is 2. The predicted octanol–water partition coefficient (Wildman–Crippen LogP) is 4.74. The zero-order valence-corrected chi connectivity index (χ0v) is 13.8. The number of fused-ring (bicyclic) bond motifs is 1. The summed E-state index contributed by atoms with van der Waals surface area (Å²) in [6.45, 7) is 15.4. The summed E-state index contributed by atoms with van der Waals surface area (Å²) < 4.78 is 2.30. The van der Waals surface area contributed by atoms with Crippen LogP contribution in [0, 0.1) is 0 Å². The van der Waals surface area contributed by atoms with Crippen molar-refractivity contribution in [1.29, 1.82) is 0 Å². The Kier molecular flexibility index (Phi) is 3.81. The lowest BCUT2D eigenvalue weighted by Crippen LogP contribution is -2.16. The predicted molar refractivity (Wildman–Crippen MR) is 87.6 cm³/mol. The summed E-state index contributed by atoms with van der Waals surface area (Å²) in [5.74, 6) is 0.969. The standard InChI is InChI=1S/C17H27N3/c1-11(2)18-16-19-14-9-8-13(17(5,6)7)10-15(14)20(16)12(3)4/h8-12H,1-7H3,(H,18,19). The molecule has 0 saturated heterocycles. The lowest BCUT2D eigenvalue weighted by atomic mass is 9.87. The fourth-order valence-electron chi connectivity index (χ4n) is 2.44. The highest BCUT2D eigenvalue weighted by atomic mass is 15.2. The van der Waals surface area contributed by atoms with Gasteiger partial charge in [-0.3, -0.25) is 0 Å². The molecule has 2 rings (SSSR count). The van der Waals surface area contributed by atoms with Crippen LogP contribution in [0.1, 0.15) is 60.1 Å². The zero-order valence-electron chi connectivity index (χ0n) is 13.8. The van der Waals surface area contributed by atoms with Crippen molar-refractivity contribution in [3.05, 3.63) is 23.8 Å². The molecule has 0 aliphatic rings. The SMILES string of the molecule is CC(C)Nc1nc2ccc(C(C)(C)C)cc2n1C(C)C. The average Bonchev–Trinajstić information content (AvgIpc) is 2.63. The number of hydrogen-bond acceptors (Lipinski definition) is 2. The van der Waals surface area contributed by atoms with Crippen molar-refractivity contribution in [2.75, 3.05) is 5.32 Å². The van der Waals surface area contributed by atoms with Crippen LogP contribution in [0.3, 0.4) is 0 Å². The van der Waals surface area contributed by atoms with Gasteiger partial charge in [-0.05, 0) is 50.8 Å². The van der Waals surface area contributed by atoms with Crippen LogP contribution in [0.2, 0.25) is 0 Å². The third-order valence-corrected chi connectivity index (χ3v) is 3.49. The molecule has 3 heteroatoms. The molecule has 2 aromatic rings. The number of imidazole rings is 1. The van der Waals surface area contributed by atoms with E-state index in [9.17, 15) is 0 Å². The molecule has 3 nitrogen and oxygen atoms in total. The van der Waals surface area contributed by atoms with Crippen molar-refractivity contribution in [1.82, 2.24) is 9.55 Å². The molecule has 1 aromatic heterocycles. The van der Waals surface area contributed by atoms with Gasteiger partial charge >= 0.3 is 0 Å². The Hall–Kier alpha value is -1.51. The molecule has 0 atom stereocenters. The Balaban J connectivity index is 2.64. The molecule has 1 heterocycles. The minimum absolute atomic E-state index is 0.159. The van der Waals surface area contributed by atoms with Crippen molar-refractivity contribution < 1.29 is 0 Å². The quantitative estimate of drug-likeness (QED) is 0.875. The van der Waals surface area contributed by atoms with E-state index in [4.69, 9.17) is 4.98 Å². The van der Waals surface area contributed by atoms with Gasteiger partial charge in [-0.1, -0.05) is 26.8 Å². The summed E-state index contributed by atoms with van der Waals surface area (Å²) in [5, 5.41) is 3.45. The van der Waals surface area contributed by atoms with E-state index < -0.39 is 0 Å². The van der Waals surface area contributed by atoms with Crippen LogP contribution in [0.5, 0.6) is 0 Å². The summed E-state index contributed by atoms with van der Waals surface area (Å²) in [6, 6.07) is 7.38. The molecule has 20 heavy (non-hydrogen) atoms. The molecule has 0 radical (unpaired) electrons. The van der Waals surface area contributed by atoms with Gasteiger partial charge in [0.25, 0.3) is 0 Å². The molecule has 0 fully saturated rings. The number of nitrogens with one attached hydrogen (secondary N) is 1. The highest BCUT2D eigenvalue weighted by Gasteiger charge is 2.18. The molecule has 0 amide bonds. The van der Waals surface area contributed by atoms with E-state index in [0.29, 0.717) is 12.1 Å². The number of benzene rings is 1. The van der Waals surface area contributed by atoms with Crippen LogP contribution in [0.4, 0.5) is 5.95 Å². The van der Waals surface area contributed by atoms with Crippen LogP contribution in [0.15, 0.2) is 18.2 Å². The largest absolute Gasteiger partial charge is 0.353 e. The van der Waals surface area contributed by atoms with Crippen LogP contribution < -0.4 is 5.32 Å². The fourth-order valence-corrected chi connectivity index (χ4v) is 2.44. The summed E-state index contributed by atoms with van der Waals surface area (Å²) in [7, 11) is 0. The summed E-state index contributed by atoms with van der Waals surface area (Å²) >= 11 is 0. The number of aromatic nitrogens is 2. The van der Waals surface area contributed by atoms with Gasteiger partial charge in [-0.15, -0.1) is 0 Å². The lowest BCUT2D eigenvalue weighted by Gasteiger charge is -2.20. The van der Waals surface area contributed by atoms with E-state index in [0.717, 1.165) is 11.5 Å². The second kappa shape index (κ2) is 5.12. The summed E-state index contributed by atoms with van der Waals surface area (Å²) in [5.41, 5.74) is 3.79. The molecule has 0 unspecified atom stereocenters. The van der Waals surface area contributed by atoms with Gasteiger partial charge in [0.1, 0.15) is 0 Å². The van der Waals surface area contributed by atoms with Gasteiger partial charge < -0.3 is 9.88 Å². The van der Waals surface area contributed by atoms with Crippen molar-refractivity contribution in [3.8, 4) is 0 Å². The molecule has 0 spiro atoms. The maximum absolute atomic E-state index is 4.75. The van der Waals surface area contributed by atoms with E-state index in [1.807, 2.05) is 0 Å². The van der Waals surface area contributed by atoms with Crippen LogP contribution in [0.25, 0.3) is 11.0 Å². The van der Waals surface area contributed by atoms with Gasteiger partial charge in [-0.2, -0.15) is 0 Å². The molecule has 0 bridgehead atoms. The van der Waals surface area contributed by atoms with Crippen LogP contribution in [-0.4, -0.2) is 15.6 Å². The highest BCUT2D eigenvalue weighted by molar-refractivity contribution is 5.80. The summed E-state index contributed by atoms with van der Waals surface area (Å²) in [4.78, 5) is 4.75. The molecule has 0 aliphatic heterocycles. The van der Waals surface area contributed by atoms with Crippen molar-refractivity contribution in [2.24, 2.45) is 0 Å². The fraction of sp³-hybridized carbons (Fsp3) is 0.588. The molecule has 1 N–H and O–H groups in total. The summed E-state index contributed by atoms with van der Waals surface area (Å²) in [6.07, 6.45) is 0. The third kappa shape index (κ3) is 2.82. The van der Waals surface area contributed by atoms with Gasteiger partial charge in [0.05, 0.1) is 11.0 Å². The van der Waals surface area contributed by atoms with Gasteiger partial charge in [0.15, 0.2) is 0 Å². The second-order valence-electron chi connectivity index (χ2n) is 7.15. The van der Waals surface area contributed by atoms with E-state index in [2.05, 4.69) is 76.5 Å². The molecule has 0 saturated carbocycles. The van der Waals surface area contributed by atoms with Crippen LogP contribution in [-0.2, 0) is 5.41 Å². The molecule has 1 aromatic carbocycles. The van der Waals surface area contributed by atoms with Gasteiger partial charge in [0, 0.05) is 12.1 Å².